The number of carbonyl (C=O) groups excluding carboxylic acids is 2. The van der Waals surface area contributed by atoms with E-state index in [2.05, 4.69) is 10.3 Å². The number of hydrogen-bond acceptors (Lipinski definition) is 4. The Morgan fingerprint density at radius 1 is 1.15 bits per heavy atom. The van der Waals surface area contributed by atoms with Crippen molar-refractivity contribution in [1.82, 2.24) is 14.8 Å². The molecule has 2 amide bonds. The number of allylic oxidation sites excluding steroid dienone is 3. The van der Waals surface area contributed by atoms with Crippen molar-refractivity contribution in [3.8, 4) is 0 Å². The lowest BCUT2D eigenvalue weighted by Crippen LogP contribution is -2.60. The number of carbonyl (C=O) groups is 2. The first-order chi connectivity index (χ1) is 18.9. The molecule has 0 unspecified atom stereocenters. The second-order valence-electron chi connectivity index (χ2n) is 10.8. The minimum Gasteiger partial charge on any atom is -0.359 e. The largest absolute Gasteiger partial charge is 0.406 e. The number of nitrogens with one attached hydrogen (secondary N) is 1. The Kier molecular flexibility index (Phi) is 6.01. The van der Waals surface area contributed by atoms with E-state index in [1.807, 2.05) is 6.08 Å². The molecule has 3 aliphatic heterocycles. The van der Waals surface area contributed by atoms with Gasteiger partial charge in [0.1, 0.15) is 24.2 Å². The summed E-state index contributed by atoms with van der Waals surface area (Å²) in [6.45, 7) is -0.112. The molecular weight excluding hydrogens is 538 g/mol. The van der Waals surface area contributed by atoms with Gasteiger partial charge in [-0.05, 0) is 43.0 Å². The maximum absolute atomic E-state index is 14.9. The van der Waals surface area contributed by atoms with Crippen molar-refractivity contribution >= 4 is 17.6 Å². The summed E-state index contributed by atoms with van der Waals surface area (Å²) >= 11 is 0. The number of halogens is 6. The fraction of sp³-hybridized carbons (Fsp3) is 0.393. The lowest BCUT2D eigenvalue weighted by molar-refractivity contribution is -0.173. The van der Waals surface area contributed by atoms with Crippen molar-refractivity contribution < 1.29 is 35.9 Å². The second kappa shape index (κ2) is 9.10. The van der Waals surface area contributed by atoms with E-state index in [0.29, 0.717) is 34.5 Å². The van der Waals surface area contributed by atoms with Gasteiger partial charge in [-0.2, -0.15) is 13.2 Å². The standard InChI is InChI=1S/C28H24F6N4O2/c1-14-17(18-8-16(29)9-20(30)23(18)31)10-21(25(39)38(14)13-28(32,33)34)37-7-3-4-15-11-27(12-22(15)37)19-5-2-6-35-24(19)36-26(27)40/h2-6,8-9,14,17,21H,7,10-13H2,1H3,(H,35,36,40)/t14-,17-,21+,27+/m1/s1. The Morgan fingerprint density at radius 2 is 1.93 bits per heavy atom. The first-order valence-corrected chi connectivity index (χ1v) is 12.8. The Morgan fingerprint density at radius 3 is 2.67 bits per heavy atom. The highest BCUT2D eigenvalue weighted by Gasteiger charge is 2.55. The summed E-state index contributed by atoms with van der Waals surface area (Å²) in [4.78, 5) is 33.4. The van der Waals surface area contributed by atoms with Crippen LogP contribution in [0.5, 0.6) is 0 Å². The van der Waals surface area contributed by atoms with Crippen LogP contribution < -0.4 is 5.32 Å². The van der Waals surface area contributed by atoms with E-state index in [9.17, 15) is 35.9 Å². The third-order valence-corrected chi connectivity index (χ3v) is 8.56. The zero-order valence-electron chi connectivity index (χ0n) is 21.2. The molecule has 210 valence electrons. The van der Waals surface area contributed by atoms with Crippen molar-refractivity contribution in [3.05, 3.63) is 82.5 Å². The van der Waals surface area contributed by atoms with Gasteiger partial charge < -0.3 is 15.1 Å². The molecular formula is C28H24F6N4O2. The number of nitrogens with zero attached hydrogens (tertiary/aromatic N) is 3. The van der Waals surface area contributed by atoms with Crippen LogP contribution in [0.2, 0.25) is 0 Å². The van der Waals surface area contributed by atoms with E-state index >= 15 is 0 Å². The number of amides is 2. The number of benzene rings is 1. The molecule has 1 aliphatic carbocycles. The van der Waals surface area contributed by atoms with Crippen molar-refractivity contribution in [3.63, 3.8) is 0 Å². The smallest absolute Gasteiger partial charge is 0.359 e. The maximum atomic E-state index is 14.9. The van der Waals surface area contributed by atoms with Crippen LogP contribution in [0.3, 0.4) is 0 Å². The number of pyridine rings is 1. The van der Waals surface area contributed by atoms with Gasteiger partial charge in [0.25, 0.3) is 0 Å². The number of aromatic nitrogens is 1. The van der Waals surface area contributed by atoms with Gasteiger partial charge in [0, 0.05) is 48.4 Å². The average Bonchev–Trinajstić information content (AvgIpc) is 3.42. The molecule has 4 aliphatic rings. The van der Waals surface area contributed by atoms with E-state index in [4.69, 9.17) is 0 Å². The Hall–Kier alpha value is -3.83. The van der Waals surface area contributed by atoms with Crippen LogP contribution in [-0.4, -0.2) is 57.9 Å². The normalized spacial score (nSPS) is 27.9. The second-order valence-corrected chi connectivity index (χ2v) is 10.8. The third kappa shape index (κ3) is 4.06. The summed E-state index contributed by atoms with van der Waals surface area (Å²) < 4.78 is 84.1. The summed E-state index contributed by atoms with van der Waals surface area (Å²) in [5, 5.41) is 2.79. The molecule has 12 heteroatoms. The molecule has 40 heavy (non-hydrogen) atoms. The highest BCUT2D eigenvalue weighted by molar-refractivity contribution is 6.06. The Balaban J connectivity index is 1.40. The van der Waals surface area contributed by atoms with Crippen molar-refractivity contribution in [2.45, 2.75) is 55.8 Å². The molecule has 1 N–H and O–H groups in total. The molecule has 6 rings (SSSR count). The summed E-state index contributed by atoms with van der Waals surface area (Å²) in [5.41, 5.74) is 0.662. The Bertz CT molecular complexity index is 1490. The maximum Gasteiger partial charge on any atom is 0.406 e. The molecule has 0 saturated carbocycles. The molecule has 0 bridgehead atoms. The zero-order chi connectivity index (χ0) is 28.6. The van der Waals surface area contributed by atoms with Crippen LogP contribution in [-0.2, 0) is 15.0 Å². The summed E-state index contributed by atoms with van der Waals surface area (Å²) in [6.07, 6.45) is 0.704. The minimum atomic E-state index is -4.76. The van der Waals surface area contributed by atoms with Gasteiger partial charge >= 0.3 is 6.18 Å². The highest BCUT2D eigenvalue weighted by atomic mass is 19.4. The number of alkyl halides is 3. The molecule has 4 heterocycles. The van der Waals surface area contributed by atoms with Crippen molar-refractivity contribution in [2.75, 3.05) is 18.4 Å². The van der Waals surface area contributed by atoms with Gasteiger partial charge in [-0.3, -0.25) is 9.59 Å². The molecule has 1 saturated heterocycles. The van der Waals surface area contributed by atoms with Crippen LogP contribution in [0.25, 0.3) is 0 Å². The van der Waals surface area contributed by atoms with Crippen LogP contribution in [0, 0.1) is 17.5 Å². The monoisotopic (exact) mass is 562 g/mol. The summed E-state index contributed by atoms with van der Waals surface area (Å²) in [6, 6.07) is 2.27. The van der Waals surface area contributed by atoms with Gasteiger partial charge in [-0.1, -0.05) is 18.2 Å². The van der Waals surface area contributed by atoms with E-state index < -0.39 is 65.1 Å². The number of piperidine rings is 1. The quantitative estimate of drug-likeness (QED) is 0.425. The molecule has 1 aromatic heterocycles. The number of fused-ring (bicyclic) bond motifs is 2. The number of likely N-dealkylation sites (tertiary alicyclic amines) is 1. The molecule has 0 radical (unpaired) electrons. The Labute approximate surface area is 225 Å². The average molecular weight is 563 g/mol. The molecule has 1 aromatic carbocycles. The predicted molar refractivity (Wildman–Crippen MR) is 131 cm³/mol. The number of rotatable bonds is 3. The van der Waals surface area contributed by atoms with Gasteiger partial charge in [0.15, 0.2) is 11.6 Å². The van der Waals surface area contributed by atoms with Crippen LogP contribution in [0.4, 0.5) is 32.2 Å². The SMILES string of the molecule is C[C@@H]1[C@H](c2cc(F)cc(F)c2F)C[C@H](N2CC=CC3=C2C[C@]2(C3)C(=O)Nc3ncccc32)C(=O)N1CC(F)(F)F. The fourth-order valence-corrected chi connectivity index (χ4v) is 6.71. The van der Waals surface area contributed by atoms with Gasteiger partial charge in [0.05, 0.1) is 5.41 Å². The first kappa shape index (κ1) is 26.4. The lowest BCUT2D eigenvalue weighted by atomic mass is 9.78. The van der Waals surface area contributed by atoms with Gasteiger partial charge in [0.2, 0.25) is 11.8 Å². The summed E-state index contributed by atoms with van der Waals surface area (Å²) in [7, 11) is 0. The van der Waals surface area contributed by atoms with Gasteiger partial charge in [-0.15, -0.1) is 0 Å². The van der Waals surface area contributed by atoms with E-state index in [1.54, 1.807) is 29.3 Å². The van der Waals surface area contributed by atoms with Crippen molar-refractivity contribution in [2.24, 2.45) is 0 Å². The number of anilines is 1. The predicted octanol–water partition coefficient (Wildman–Crippen LogP) is 4.94. The minimum absolute atomic E-state index is 0.161. The molecule has 1 spiro atoms. The van der Waals surface area contributed by atoms with Crippen molar-refractivity contribution in [1.29, 1.82) is 0 Å². The molecule has 2 aromatic rings. The number of hydrogen-bond donors (Lipinski definition) is 1. The molecule has 4 atom stereocenters. The van der Waals surface area contributed by atoms with Crippen LogP contribution in [0.1, 0.15) is 43.2 Å². The van der Waals surface area contributed by atoms with Gasteiger partial charge in [-0.25, -0.2) is 18.2 Å². The van der Waals surface area contributed by atoms with E-state index in [1.165, 1.54) is 6.92 Å². The zero-order valence-corrected chi connectivity index (χ0v) is 21.2. The molecule has 6 nitrogen and oxygen atoms in total. The fourth-order valence-electron chi connectivity index (χ4n) is 6.71. The van der Waals surface area contributed by atoms with Crippen LogP contribution in [0.15, 0.2) is 53.9 Å². The van der Waals surface area contributed by atoms with E-state index in [-0.39, 0.29) is 25.3 Å². The highest BCUT2D eigenvalue weighted by Crippen LogP contribution is 2.53. The molecule has 1 fully saturated rings. The third-order valence-electron chi connectivity index (χ3n) is 8.56. The topological polar surface area (TPSA) is 65.5 Å². The lowest BCUT2D eigenvalue weighted by Gasteiger charge is -2.47. The summed E-state index contributed by atoms with van der Waals surface area (Å²) in [5.74, 6) is -5.66. The van der Waals surface area contributed by atoms with Crippen LogP contribution >= 0.6 is 0 Å². The first-order valence-electron chi connectivity index (χ1n) is 12.8. The van der Waals surface area contributed by atoms with E-state index in [0.717, 1.165) is 11.6 Å².